The van der Waals surface area contributed by atoms with Crippen LogP contribution in [-0.4, -0.2) is 72.6 Å². The average Bonchev–Trinajstić information content (AvgIpc) is 2.41. The lowest BCUT2D eigenvalue weighted by Gasteiger charge is -2.34. The lowest BCUT2D eigenvalue weighted by Crippen LogP contribution is -2.47. The van der Waals surface area contributed by atoms with E-state index in [1.807, 2.05) is 0 Å². The summed E-state index contributed by atoms with van der Waals surface area (Å²) in [7, 11) is -6.09. The summed E-state index contributed by atoms with van der Waals surface area (Å²) in [6.45, 7) is 14.0. The van der Waals surface area contributed by atoms with E-state index in [1.54, 1.807) is 0 Å². The lowest BCUT2D eigenvalue weighted by atomic mass is 10.3. The molecule has 0 aliphatic carbocycles. The summed E-state index contributed by atoms with van der Waals surface area (Å²) < 4.78 is 60.2. The van der Waals surface area contributed by atoms with Crippen molar-refractivity contribution >= 4 is 10.1 Å². The van der Waals surface area contributed by atoms with Gasteiger partial charge in [-0.25, -0.2) is 8.42 Å². The van der Waals surface area contributed by atoms with Crippen molar-refractivity contribution in [2.75, 3.05) is 39.4 Å². The third-order valence-corrected chi connectivity index (χ3v) is 3.63. The van der Waals surface area contributed by atoms with E-state index in [9.17, 15) is 13.2 Å². The van der Waals surface area contributed by atoms with Crippen molar-refractivity contribution in [2.24, 2.45) is 0 Å². The van der Waals surface area contributed by atoms with Gasteiger partial charge in [0, 0.05) is 0 Å². The number of hydrogen-bond donors (Lipinski definition) is 2. The molecule has 6 nitrogen and oxygen atoms in total. The Morgan fingerprint density at radius 3 is 1.10 bits per heavy atom. The monoisotopic (exact) mass is 341 g/mol. The Morgan fingerprint density at radius 1 is 0.905 bits per heavy atom. The second-order valence-electron chi connectivity index (χ2n) is 3.95. The Balaban J connectivity index is -0.000000249. The van der Waals surface area contributed by atoms with E-state index in [0.717, 1.165) is 0 Å². The van der Waals surface area contributed by atoms with Gasteiger partial charge in [-0.2, -0.15) is 13.2 Å². The maximum absolute atomic E-state index is 10.7. The molecule has 0 saturated carbocycles. The molecule has 0 fully saturated rings. The van der Waals surface area contributed by atoms with E-state index in [2.05, 4.69) is 27.7 Å². The molecule has 0 radical (unpaired) electrons. The van der Waals surface area contributed by atoms with Crippen molar-refractivity contribution in [3.05, 3.63) is 0 Å². The van der Waals surface area contributed by atoms with E-state index in [4.69, 9.17) is 23.2 Å². The quantitative estimate of drug-likeness (QED) is 0.440. The van der Waals surface area contributed by atoms with Gasteiger partial charge in [-0.05, 0) is 27.7 Å². The predicted molar refractivity (Wildman–Crippen MR) is 72.3 cm³/mol. The Morgan fingerprint density at radius 2 is 1.10 bits per heavy atom. The van der Waals surface area contributed by atoms with Gasteiger partial charge in [0.15, 0.2) is 10.1 Å². The van der Waals surface area contributed by atoms with E-state index in [0.29, 0.717) is 0 Å². The molecule has 0 rings (SSSR count). The zero-order valence-corrected chi connectivity index (χ0v) is 13.7. The zero-order chi connectivity index (χ0) is 17.7. The fourth-order valence-corrected chi connectivity index (χ4v) is 1.34. The van der Waals surface area contributed by atoms with Crippen LogP contribution in [0.3, 0.4) is 0 Å². The number of hydrogen-bond acceptors (Lipinski definition) is 5. The Kier molecular flexibility index (Phi) is 14.8. The molecule has 0 aromatic rings. The van der Waals surface area contributed by atoms with Crippen molar-refractivity contribution in [1.29, 1.82) is 0 Å². The summed E-state index contributed by atoms with van der Waals surface area (Å²) in [5, 5.41) is 15.2. The maximum Gasteiger partial charge on any atom is 0.485 e. The SMILES string of the molecule is CC[N+](CC)(CC)CC.O=S(=O)([O-])C(F)(F)F.OCCO. The second-order valence-corrected chi connectivity index (χ2v) is 5.32. The average molecular weight is 341 g/mol. The van der Waals surface area contributed by atoms with Gasteiger partial charge in [0.25, 0.3) is 0 Å². The van der Waals surface area contributed by atoms with Gasteiger partial charge in [0.1, 0.15) is 0 Å². The van der Waals surface area contributed by atoms with Gasteiger partial charge in [-0.1, -0.05) is 0 Å². The van der Waals surface area contributed by atoms with Crippen molar-refractivity contribution in [2.45, 2.75) is 33.2 Å². The van der Waals surface area contributed by atoms with Crippen LogP contribution in [0, 0.1) is 0 Å². The summed E-state index contributed by atoms with van der Waals surface area (Å²) in [6, 6.07) is 0. The molecular weight excluding hydrogens is 315 g/mol. The van der Waals surface area contributed by atoms with Crippen LogP contribution >= 0.6 is 0 Å². The molecule has 0 aliphatic heterocycles. The minimum Gasteiger partial charge on any atom is -0.741 e. The highest BCUT2D eigenvalue weighted by atomic mass is 32.2. The molecule has 0 atom stereocenters. The smallest absolute Gasteiger partial charge is 0.485 e. The van der Waals surface area contributed by atoms with Gasteiger partial charge in [0.05, 0.1) is 39.4 Å². The third kappa shape index (κ3) is 13.0. The number of rotatable bonds is 5. The second kappa shape index (κ2) is 12.2. The summed E-state index contributed by atoms with van der Waals surface area (Å²) in [6.07, 6.45) is 0. The van der Waals surface area contributed by atoms with Gasteiger partial charge >= 0.3 is 5.51 Å². The first kappa shape index (κ1) is 25.5. The Hall–Kier alpha value is -0.420. The molecule has 0 spiro atoms. The van der Waals surface area contributed by atoms with Crippen LogP contribution in [0.4, 0.5) is 13.2 Å². The van der Waals surface area contributed by atoms with E-state index < -0.39 is 15.6 Å². The summed E-state index contributed by atoms with van der Waals surface area (Å²) in [5.74, 6) is 0. The van der Waals surface area contributed by atoms with Gasteiger partial charge in [-0.3, -0.25) is 0 Å². The molecule has 0 aromatic heterocycles. The van der Waals surface area contributed by atoms with Crippen LogP contribution in [0.15, 0.2) is 0 Å². The van der Waals surface area contributed by atoms with Crippen LogP contribution in [0.5, 0.6) is 0 Å². The van der Waals surface area contributed by atoms with Crippen molar-refractivity contribution in [3.63, 3.8) is 0 Å². The van der Waals surface area contributed by atoms with Crippen LogP contribution in [0.2, 0.25) is 0 Å². The molecule has 132 valence electrons. The molecular formula is C11H26F3NO5S. The van der Waals surface area contributed by atoms with Gasteiger partial charge < -0.3 is 19.2 Å². The molecule has 0 unspecified atom stereocenters. The summed E-state index contributed by atoms with van der Waals surface area (Å²) in [5.41, 5.74) is -5.65. The Labute approximate surface area is 124 Å². The molecule has 0 aromatic carbocycles. The lowest BCUT2D eigenvalue weighted by molar-refractivity contribution is -0.921. The van der Waals surface area contributed by atoms with Crippen LogP contribution in [0.1, 0.15) is 27.7 Å². The molecule has 0 saturated heterocycles. The molecule has 0 heterocycles. The largest absolute Gasteiger partial charge is 0.741 e. The first-order valence-corrected chi connectivity index (χ1v) is 7.91. The van der Waals surface area contributed by atoms with Crippen molar-refractivity contribution in [3.8, 4) is 0 Å². The molecule has 2 N–H and O–H groups in total. The number of aliphatic hydroxyl groups is 2. The highest BCUT2D eigenvalue weighted by molar-refractivity contribution is 7.86. The molecule has 0 aliphatic rings. The zero-order valence-electron chi connectivity index (χ0n) is 12.9. The van der Waals surface area contributed by atoms with E-state index >= 15 is 0 Å². The number of aliphatic hydroxyl groups excluding tert-OH is 2. The molecule has 21 heavy (non-hydrogen) atoms. The number of halogens is 3. The molecule has 0 bridgehead atoms. The first-order chi connectivity index (χ1) is 9.41. The number of alkyl halides is 3. The minimum absolute atomic E-state index is 0.125. The topological polar surface area (TPSA) is 97.7 Å². The maximum atomic E-state index is 10.7. The summed E-state index contributed by atoms with van der Waals surface area (Å²) in [4.78, 5) is 0. The van der Waals surface area contributed by atoms with Gasteiger partial charge in [0.2, 0.25) is 0 Å². The fraction of sp³-hybridized carbons (Fsp3) is 1.00. The number of nitrogens with zero attached hydrogens (tertiary/aromatic N) is 1. The first-order valence-electron chi connectivity index (χ1n) is 6.50. The highest BCUT2D eigenvalue weighted by Crippen LogP contribution is 2.20. The van der Waals surface area contributed by atoms with Gasteiger partial charge in [-0.15, -0.1) is 0 Å². The van der Waals surface area contributed by atoms with Crippen molar-refractivity contribution < 1.29 is 40.8 Å². The highest BCUT2D eigenvalue weighted by Gasteiger charge is 2.36. The molecule has 10 heteroatoms. The van der Waals surface area contributed by atoms with Crippen LogP contribution in [-0.2, 0) is 10.1 Å². The summed E-state index contributed by atoms with van der Waals surface area (Å²) >= 11 is 0. The van der Waals surface area contributed by atoms with Crippen LogP contribution < -0.4 is 0 Å². The van der Waals surface area contributed by atoms with Crippen molar-refractivity contribution in [1.82, 2.24) is 0 Å². The van der Waals surface area contributed by atoms with Crippen LogP contribution in [0.25, 0.3) is 0 Å². The third-order valence-electron chi connectivity index (χ3n) is 3.07. The normalized spacial score (nSPS) is 11.9. The van der Waals surface area contributed by atoms with E-state index in [-0.39, 0.29) is 13.2 Å². The Bertz CT molecular complexity index is 310. The number of quaternary nitrogens is 1. The minimum atomic E-state index is -6.09. The fourth-order valence-electron chi connectivity index (χ4n) is 1.34. The van der Waals surface area contributed by atoms with E-state index in [1.165, 1.54) is 30.7 Å². The predicted octanol–water partition coefficient (Wildman–Crippen LogP) is 0.905. The standard InChI is InChI=1S/C8H20N.C2H6O2.CHF3O3S/c1-5-9(6-2,7-3)8-4;3-1-2-4;2-1(3,4)8(5,6)7/h5-8H2,1-4H3;3-4H,1-2H2;(H,5,6,7)/q+1;;/p-1. The molecule has 0 amide bonds.